The molecule has 0 aromatic carbocycles. The van der Waals surface area contributed by atoms with Gasteiger partial charge in [0, 0.05) is 13.3 Å². The highest BCUT2D eigenvalue weighted by atomic mass is 31.2. The van der Waals surface area contributed by atoms with E-state index in [0.29, 0.717) is 16.9 Å². The predicted molar refractivity (Wildman–Crippen MR) is 98.0 cm³/mol. The average molecular weight is 352 g/mol. The van der Waals surface area contributed by atoms with Gasteiger partial charge in [0.15, 0.2) is 11.9 Å². The van der Waals surface area contributed by atoms with Crippen molar-refractivity contribution < 1.29 is 14.6 Å². The molecule has 0 bridgehead atoms. The number of fused-ring (bicyclic) bond motifs is 1. The highest BCUT2D eigenvalue weighted by molar-refractivity contribution is 7.72. The van der Waals surface area contributed by atoms with Crippen LogP contribution in [-0.4, -0.2) is 70.9 Å². The summed E-state index contributed by atoms with van der Waals surface area (Å²) >= 11 is 0. The monoisotopic (exact) mass is 352 g/mol. The van der Waals surface area contributed by atoms with Crippen LogP contribution in [0.5, 0.6) is 0 Å². The lowest BCUT2D eigenvalue weighted by molar-refractivity contribution is -0.0496. The fourth-order valence-corrected chi connectivity index (χ4v) is 4.01. The number of methoxy groups -OCH3 is 1. The predicted octanol–water partition coefficient (Wildman–Crippen LogP) is 1.39. The van der Waals surface area contributed by atoms with Crippen LogP contribution in [0.15, 0.2) is 18.6 Å². The molecule has 0 unspecified atom stereocenters. The number of imidazole rings is 1. The maximum Gasteiger partial charge on any atom is 0.165 e. The number of aliphatic hydroxyl groups excluding tert-OH is 1. The van der Waals surface area contributed by atoms with Crippen molar-refractivity contribution in [3.8, 4) is 0 Å². The molecular weight excluding hydrogens is 327 g/mol. The van der Waals surface area contributed by atoms with Crippen molar-refractivity contribution >= 4 is 30.0 Å². The lowest BCUT2D eigenvalue weighted by atomic mass is 10.1. The summed E-state index contributed by atoms with van der Waals surface area (Å²) in [5, 5.41) is 10.6. The Morgan fingerprint density at radius 2 is 2.21 bits per heavy atom. The summed E-state index contributed by atoms with van der Waals surface area (Å²) in [6.07, 6.45) is 7.23. The van der Waals surface area contributed by atoms with Gasteiger partial charge in [-0.25, -0.2) is 9.97 Å². The number of nitrogen functional groups attached to an aromatic ring is 1. The van der Waals surface area contributed by atoms with E-state index in [1.165, 1.54) is 0 Å². The molecule has 0 amide bonds. The Labute approximate surface area is 141 Å². The third kappa shape index (κ3) is 3.22. The maximum atomic E-state index is 10.6. The van der Waals surface area contributed by atoms with E-state index in [2.05, 4.69) is 29.6 Å². The van der Waals surface area contributed by atoms with Gasteiger partial charge in [0.25, 0.3) is 0 Å². The van der Waals surface area contributed by atoms with Gasteiger partial charge in [-0.2, -0.15) is 0 Å². The standard InChI is InChI=1S/C16H25N4O3P/c1-22-14-13(21)11(6-8-24(2,3)4)23-16(14)20-9-19-12-10(17)5-7-18-15(12)20/h5,7,9,11,13-14,16,21H,2,6,8H2,1,3-4H3,(H2,17,18)/t11-,13-,14-,16-/m1/s1. The van der Waals surface area contributed by atoms with Gasteiger partial charge >= 0.3 is 0 Å². The fraction of sp³-hybridized carbons (Fsp3) is 0.562. The Morgan fingerprint density at radius 3 is 2.88 bits per heavy atom. The van der Waals surface area contributed by atoms with Gasteiger partial charge < -0.3 is 20.3 Å². The van der Waals surface area contributed by atoms with E-state index in [-0.39, 0.29) is 6.10 Å². The van der Waals surface area contributed by atoms with E-state index in [1.807, 2.05) is 0 Å². The molecule has 2 aromatic rings. The first kappa shape index (κ1) is 17.4. The molecule has 1 fully saturated rings. The first-order chi connectivity index (χ1) is 11.3. The Bertz CT molecular complexity index is 772. The van der Waals surface area contributed by atoms with Crippen molar-refractivity contribution in [1.82, 2.24) is 14.5 Å². The molecule has 0 radical (unpaired) electrons. The van der Waals surface area contributed by atoms with E-state index in [1.54, 1.807) is 30.3 Å². The number of anilines is 1. The third-order valence-electron chi connectivity index (χ3n) is 4.37. The van der Waals surface area contributed by atoms with E-state index in [9.17, 15) is 5.11 Å². The molecule has 7 nitrogen and oxygen atoms in total. The second kappa shape index (κ2) is 6.48. The number of rotatable bonds is 5. The number of pyridine rings is 1. The fourth-order valence-electron chi connectivity index (χ4n) is 3.05. The van der Waals surface area contributed by atoms with E-state index in [0.717, 1.165) is 12.6 Å². The van der Waals surface area contributed by atoms with Crippen LogP contribution < -0.4 is 5.73 Å². The van der Waals surface area contributed by atoms with Crippen LogP contribution in [0, 0.1) is 0 Å². The van der Waals surface area contributed by atoms with Crippen molar-refractivity contribution in [2.75, 3.05) is 32.3 Å². The Balaban J connectivity index is 1.89. The van der Waals surface area contributed by atoms with Gasteiger partial charge in [-0.3, -0.25) is 4.57 Å². The SMILES string of the molecule is C=P(C)(C)CC[C@H]1O[C@@H](n2cnc3c(N)ccnc32)[C@H](OC)[C@@H]1O. The molecule has 3 N–H and O–H groups in total. The molecule has 0 aliphatic carbocycles. The minimum Gasteiger partial charge on any atom is -0.397 e. The quantitative estimate of drug-likeness (QED) is 0.790. The number of hydrogen-bond acceptors (Lipinski definition) is 6. The lowest BCUT2D eigenvalue weighted by Crippen LogP contribution is -2.33. The van der Waals surface area contributed by atoms with Crippen molar-refractivity contribution in [3.05, 3.63) is 18.6 Å². The summed E-state index contributed by atoms with van der Waals surface area (Å²) in [5.41, 5.74) is 7.76. The zero-order valence-electron chi connectivity index (χ0n) is 14.3. The van der Waals surface area contributed by atoms with Crippen molar-refractivity contribution in [1.29, 1.82) is 0 Å². The number of aromatic nitrogens is 3. The highest BCUT2D eigenvalue weighted by Crippen LogP contribution is 2.40. The number of hydrogen-bond donors (Lipinski definition) is 2. The molecule has 3 heterocycles. The topological polar surface area (TPSA) is 95.4 Å². The largest absolute Gasteiger partial charge is 0.397 e. The average Bonchev–Trinajstić information content (AvgIpc) is 3.06. The number of nitrogens with two attached hydrogens (primary N) is 1. The summed E-state index contributed by atoms with van der Waals surface area (Å²) in [4.78, 5) is 8.67. The Morgan fingerprint density at radius 1 is 1.46 bits per heavy atom. The van der Waals surface area contributed by atoms with Crippen LogP contribution in [0.4, 0.5) is 5.69 Å². The van der Waals surface area contributed by atoms with Crippen LogP contribution in [0.3, 0.4) is 0 Å². The molecule has 0 saturated carbocycles. The van der Waals surface area contributed by atoms with Gasteiger partial charge in [-0.15, -0.1) is 13.2 Å². The minimum absolute atomic E-state index is 0.292. The van der Waals surface area contributed by atoms with E-state index in [4.69, 9.17) is 15.2 Å². The molecule has 3 rings (SSSR count). The van der Waals surface area contributed by atoms with Crippen LogP contribution >= 0.6 is 6.89 Å². The second-order valence-corrected chi connectivity index (χ2v) is 11.2. The summed E-state index contributed by atoms with van der Waals surface area (Å²) in [6, 6.07) is 1.71. The molecule has 1 aliphatic rings. The highest BCUT2D eigenvalue weighted by Gasteiger charge is 2.45. The molecule has 24 heavy (non-hydrogen) atoms. The zero-order chi connectivity index (χ0) is 17.5. The van der Waals surface area contributed by atoms with Crippen molar-refractivity contribution in [2.45, 2.75) is 31.0 Å². The number of ether oxygens (including phenoxy) is 2. The van der Waals surface area contributed by atoms with Crippen LogP contribution in [-0.2, 0) is 9.47 Å². The Hall–Kier alpha value is -1.40. The molecule has 1 aliphatic heterocycles. The molecule has 132 valence electrons. The van der Waals surface area contributed by atoms with Crippen molar-refractivity contribution in [2.24, 2.45) is 0 Å². The first-order valence-corrected chi connectivity index (χ1v) is 11.0. The van der Waals surface area contributed by atoms with Gasteiger partial charge in [-0.1, -0.05) is 0 Å². The number of nitrogens with zero attached hydrogens (tertiary/aromatic N) is 3. The van der Waals surface area contributed by atoms with Crippen LogP contribution in [0.2, 0.25) is 0 Å². The summed E-state index contributed by atoms with van der Waals surface area (Å²) in [6.45, 7) is 3.17. The maximum absolute atomic E-state index is 10.6. The smallest absolute Gasteiger partial charge is 0.165 e. The molecule has 1 saturated heterocycles. The third-order valence-corrected chi connectivity index (χ3v) is 5.84. The molecule has 4 atom stereocenters. The lowest BCUT2D eigenvalue weighted by Gasteiger charge is -2.20. The second-order valence-electron chi connectivity index (χ2n) is 6.93. The summed E-state index contributed by atoms with van der Waals surface area (Å²) in [5.74, 6) is 0. The molecule has 0 spiro atoms. The Kier molecular flexibility index (Phi) is 4.71. The molecule has 2 aromatic heterocycles. The first-order valence-electron chi connectivity index (χ1n) is 7.92. The molecule has 8 heteroatoms. The molecular formula is C16H25N4O3P. The summed E-state index contributed by atoms with van der Waals surface area (Å²) < 4.78 is 13.4. The van der Waals surface area contributed by atoms with Crippen LogP contribution in [0.25, 0.3) is 11.2 Å². The van der Waals surface area contributed by atoms with Gasteiger partial charge in [0.1, 0.15) is 17.7 Å². The van der Waals surface area contributed by atoms with Crippen LogP contribution in [0.1, 0.15) is 12.6 Å². The normalized spacial score (nSPS) is 27.8. The summed E-state index contributed by atoms with van der Waals surface area (Å²) in [7, 11) is 1.58. The van der Waals surface area contributed by atoms with Gasteiger partial charge in [0.05, 0.1) is 18.1 Å². The van der Waals surface area contributed by atoms with E-state index < -0.39 is 25.3 Å². The van der Waals surface area contributed by atoms with Crippen molar-refractivity contribution in [3.63, 3.8) is 0 Å². The van der Waals surface area contributed by atoms with E-state index >= 15 is 0 Å². The zero-order valence-corrected chi connectivity index (χ0v) is 15.2. The number of aliphatic hydroxyl groups is 1. The van der Waals surface area contributed by atoms with Gasteiger partial charge in [0.2, 0.25) is 0 Å². The van der Waals surface area contributed by atoms with Gasteiger partial charge in [-0.05, 0) is 32.0 Å². The minimum atomic E-state index is -1.18.